The number of hydrogen-bond acceptors (Lipinski definition) is 2. The topological polar surface area (TPSA) is 21.3 Å². The van der Waals surface area contributed by atoms with Crippen LogP contribution < -0.4 is 5.32 Å². The smallest absolute Gasteiger partial charge is 0.0462 e. The summed E-state index contributed by atoms with van der Waals surface area (Å²) < 4.78 is 5.02. The first kappa shape index (κ1) is 14.2. The van der Waals surface area contributed by atoms with Gasteiger partial charge in [0, 0.05) is 20.3 Å². The van der Waals surface area contributed by atoms with Crippen LogP contribution in [0.25, 0.3) is 0 Å². The lowest BCUT2D eigenvalue weighted by Crippen LogP contribution is -2.21. The molecule has 1 aromatic carbocycles. The second kappa shape index (κ2) is 9.20. The largest absolute Gasteiger partial charge is 0.385 e. The summed E-state index contributed by atoms with van der Waals surface area (Å²) >= 11 is 0. The first-order chi connectivity index (χ1) is 8.34. The molecule has 2 heteroatoms. The lowest BCUT2D eigenvalue weighted by atomic mass is 10.0. The van der Waals surface area contributed by atoms with Gasteiger partial charge >= 0.3 is 0 Å². The quantitative estimate of drug-likeness (QED) is 0.664. The average molecular weight is 235 g/mol. The summed E-state index contributed by atoms with van der Waals surface area (Å²) in [5.41, 5.74) is 1.42. The van der Waals surface area contributed by atoms with E-state index in [0.29, 0.717) is 5.92 Å². The average Bonchev–Trinajstić information content (AvgIpc) is 2.38. The van der Waals surface area contributed by atoms with E-state index in [9.17, 15) is 0 Å². The Balaban J connectivity index is 2.03. The lowest BCUT2D eigenvalue weighted by molar-refractivity contribution is 0.192. The Labute approximate surface area is 105 Å². The monoisotopic (exact) mass is 235 g/mol. The SMILES string of the molecule is COCCCCCNCC(C)c1ccccc1. The maximum absolute atomic E-state index is 5.02. The van der Waals surface area contributed by atoms with Gasteiger partial charge in [0.25, 0.3) is 0 Å². The van der Waals surface area contributed by atoms with Crippen LogP contribution >= 0.6 is 0 Å². The van der Waals surface area contributed by atoms with Gasteiger partial charge < -0.3 is 10.1 Å². The molecular formula is C15H25NO. The van der Waals surface area contributed by atoms with E-state index in [1.54, 1.807) is 7.11 Å². The molecule has 1 rings (SSSR count). The summed E-state index contributed by atoms with van der Waals surface area (Å²) in [4.78, 5) is 0. The highest BCUT2D eigenvalue weighted by Gasteiger charge is 2.03. The van der Waals surface area contributed by atoms with Gasteiger partial charge in [-0.2, -0.15) is 0 Å². The number of hydrogen-bond donors (Lipinski definition) is 1. The molecule has 0 radical (unpaired) electrons. The fourth-order valence-corrected chi connectivity index (χ4v) is 1.89. The van der Waals surface area contributed by atoms with E-state index >= 15 is 0 Å². The van der Waals surface area contributed by atoms with E-state index in [1.165, 1.54) is 24.8 Å². The van der Waals surface area contributed by atoms with Gasteiger partial charge in [-0.1, -0.05) is 37.3 Å². The third-order valence-electron chi connectivity index (χ3n) is 3.02. The Bertz CT molecular complexity index is 274. The van der Waals surface area contributed by atoms with Crippen LogP contribution in [0.3, 0.4) is 0 Å². The zero-order chi connectivity index (χ0) is 12.3. The fourth-order valence-electron chi connectivity index (χ4n) is 1.89. The molecule has 0 spiro atoms. The van der Waals surface area contributed by atoms with Gasteiger partial charge in [0.2, 0.25) is 0 Å². The summed E-state index contributed by atoms with van der Waals surface area (Å²) in [6.45, 7) is 5.34. The predicted molar refractivity (Wildman–Crippen MR) is 73.5 cm³/mol. The Hall–Kier alpha value is -0.860. The molecule has 0 saturated carbocycles. The molecule has 0 fully saturated rings. The maximum atomic E-state index is 5.02. The van der Waals surface area contributed by atoms with E-state index in [2.05, 4.69) is 42.6 Å². The molecule has 0 aliphatic rings. The van der Waals surface area contributed by atoms with Crippen LogP contribution in [0.2, 0.25) is 0 Å². The highest BCUT2D eigenvalue weighted by Crippen LogP contribution is 2.12. The van der Waals surface area contributed by atoms with Crippen molar-refractivity contribution >= 4 is 0 Å². The van der Waals surface area contributed by atoms with Crippen molar-refractivity contribution in [2.24, 2.45) is 0 Å². The molecule has 0 aliphatic heterocycles. The Morgan fingerprint density at radius 2 is 1.88 bits per heavy atom. The molecule has 2 nitrogen and oxygen atoms in total. The Kier molecular flexibility index (Phi) is 7.69. The first-order valence-electron chi connectivity index (χ1n) is 6.59. The normalized spacial score (nSPS) is 12.6. The molecule has 0 bridgehead atoms. The van der Waals surface area contributed by atoms with Crippen LogP contribution in [0.1, 0.15) is 37.7 Å². The second-order valence-corrected chi connectivity index (χ2v) is 4.57. The highest BCUT2D eigenvalue weighted by atomic mass is 16.5. The summed E-state index contributed by atoms with van der Waals surface area (Å²) in [6, 6.07) is 10.7. The van der Waals surface area contributed by atoms with Crippen molar-refractivity contribution < 1.29 is 4.74 Å². The van der Waals surface area contributed by atoms with Crippen LogP contribution in [-0.2, 0) is 4.74 Å². The van der Waals surface area contributed by atoms with Gasteiger partial charge in [-0.15, -0.1) is 0 Å². The number of nitrogens with one attached hydrogen (secondary N) is 1. The predicted octanol–water partition coefficient (Wildman–Crippen LogP) is 3.20. The van der Waals surface area contributed by atoms with E-state index in [-0.39, 0.29) is 0 Å². The van der Waals surface area contributed by atoms with E-state index in [0.717, 1.165) is 19.7 Å². The standard InChI is InChI=1S/C15H25NO/c1-14(15-9-5-3-6-10-15)13-16-11-7-4-8-12-17-2/h3,5-6,9-10,14,16H,4,7-8,11-13H2,1-2H3. The van der Waals surface area contributed by atoms with Crippen molar-refractivity contribution in [2.75, 3.05) is 26.8 Å². The van der Waals surface area contributed by atoms with Crippen molar-refractivity contribution in [3.8, 4) is 0 Å². The molecule has 0 saturated heterocycles. The van der Waals surface area contributed by atoms with Crippen LogP contribution in [-0.4, -0.2) is 26.8 Å². The minimum absolute atomic E-state index is 0.593. The molecule has 0 aliphatic carbocycles. The van der Waals surface area contributed by atoms with Crippen LogP contribution in [0.5, 0.6) is 0 Å². The number of unbranched alkanes of at least 4 members (excludes halogenated alkanes) is 2. The number of benzene rings is 1. The van der Waals surface area contributed by atoms with Gasteiger partial charge in [0.15, 0.2) is 0 Å². The van der Waals surface area contributed by atoms with Crippen LogP contribution in [0, 0.1) is 0 Å². The van der Waals surface area contributed by atoms with Crippen molar-refractivity contribution in [3.63, 3.8) is 0 Å². The Morgan fingerprint density at radius 3 is 2.59 bits per heavy atom. The van der Waals surface area contributed by atoms with Crippen molar-refractivity contribution in [1.82, 2.24) is 5.32 Å². The van der Waals surface area contributed by atoms with E-state index in [4.69, 9.17) is 4.74 Å². The molecule has 17 heavy (non-hydrogen) atoms. The van der Waals surface area contributed by atoms with Gasteiger partial charge in [-0.05, 0) is 37.3 Å². The molecule has 0 heterocycles. The molecule has 1 aromatic rings. The van der Waals surface area contributed by atoms with Crippen molar-refractivity contribution in [1.29, 1.82) is 0 Å². The minimum Gasteiger partial charge on any atom is -0.385 e. The molecule has 0 aromatic heterocycles. The summed E-state index contributed by atoms with van der Waals surface area (Å²) in [5.74, 6) is 0.593. The van der Waals surface area contributed by atoms with Crippen molar-refractivity contribution in [3.05, 3.63) is 35.9 Å². The highest BCUT2D eigenvalue weighted by molar-refractivity contribution is 5.18. The van der Waals surface area contributed by atoms with Gasteiger partial charge in [0.05, 0.1) is 0 Å². The lowest BCUT2D eigenvalue weighted by Gasteiger charge is -2.12. The molecule has 1 atom stereocenters. The Morgan fingerprint density at radius 1 is 1.12 bits per heavy atom. The van der Waals surface area contributed by atoms with Crippen LogP contribution in [0.4, 0.5) is 0 Å². The van der Waals surface area contributed by atoms with E-state index in [1.807, 2.05) is 0 Å². The van der Waals surface area contributed by atoms with Crippen LogP contribution in [0.15, 0.2) is 30.3 Å². The molecular weight excluding hydrogens is 210 g/mol. The summed E-state index contributed by atoms with van der Waals surface area (Å²) in [7, 11) is 1.76. The van der Waals surface area contributed by atoms with Gasteiger partial charge in [-0.3, -0.25) is 0 Å². The molecule has 1 N–H and O–H groups in total. The third-order valence-corrected chi connectivity index (χ3v) is 3.02. The zero-order valence-electron chi connectivity index (χ0n) is 11.1. The summed E-state index contributed by atoms with van der Waals surface area (Å²) in [6.07, 6.45) is 3.66. The molecule has 0 amide bonds. The van der Waals surface area contributed by atoms with Crippen molar-refractivity contribution in [2.45, 2.75) is 32.1 Å². The molecule has 1 unspecified atom stereocenters. The summed E-state index contributed by atoms with van der Waals surface area (Å²) in [5, 5.41) is 3.52. The zero-order valence-corrected chi connectivity index (χ0v) is 11.1. The van der Waals surface area contributed by atoms with E-state index < -0.39 is 0 Å². The second-order valence-electron chi connectivity index (χ2n) is 4.57. The van der Waals surface area contributed by atoms with Gasteiger partial charge in [-0.25, -0.2) is 0 Å². The fraction of sp³-hybridized carbons (Fsp3) is 0.600. The number of methoxy groups -OCH3 is 1. The number of rotatable bonds is 9. The maximum Gasteiger partial charge on any atom is 0.0462 e. The first-order valence-corrected chi connectivity index (χ1v) is 6.59. The number of ether oxygens (including phenoxy) is 1. The minimum atomic E-state index is 0.593. The third kappa shape index (κ3) is 6.44. The molecule has 96 valence electrons. The van der Waals surface area contributed by atoms with Gasteiger partial charge in [0.1, 0.15) is 0 Å².